The summed E-state index contributed by atoms with van der Waals surface area (Å²) in [5, 5.41) is -0.349. The van der Waals surface area contributed by atoms with E-state index in [4.69, 9.17) is 15.2 Å². The maximum absolute atomic E-state index is 13.7. The van der Waals surface area contributed by atoms with Crippen LogP contribution in [0.2, 0.25) is 0 Å². The number of rotatable bonds is 8. The van der Waals surface area contributed by atoms with Crippen LogP contribution in [0.4, 0.5) is 19.4 Å². The molecule has 5 rings (SSSR count). The number of carbonyl (C=O) groups is 2. The molecule has 40 heavy (non-hydrogen) atoms. The van der Waals surface area contributed by atoms with Gasteiger partial charge in [-0.15, -0.1) is 0 Å². The molecule has 1 aliphatic heterocycles. The van der Waals surface area contributed by atoms with Crippen LogP contribution in [0.15, 0.2) is 41.4 Å². The number of primary amides is 1. The molecule has 13 heteroatoms. The fourth-order valence-electron chi connectivity index (χ4n) is 5.35. The van der Waals surface area contributed by atoms with Gasteiger partial charge in [0.25, 0.3) is 15.9 Å². The number of ether oxygens (including phenoxy) is 2. The third kappa shape index (κ3) is 5.84. The minimum absolute atomic E-state index is 0.138. The average molecular weight is 579 g/mol. The summed E-state index contributed by atoms with van der Waals surface area (Å²) >= 11 is 0. The maximum Gasteiger partial charge on any atom is 0.405 e. The predicted molar refractivity (Wildman–Crippen MR) is 141 cm³/mol. The first-order valence-corrected chi connectivity index (χ1v) is 14.6. The first-order chi connectivity index (χ1) is 18.7. The van der Waals surface area contributed by atoms with Crippen molar-refractivity contribution < 1.29 is 36.3 Å². The summed E-state index contributed by atoms with van der Waals surface area (Å²) in [7, 11) is -4.34. The second kappa shape index (κ2) is 9.86. The van der Waals surface area contributed by atoms with Crippen LogP contribution in [0, 0.1) is 6.92 Å². The van der Waals surface area contributed by atoms with Crippen molar-refractivity contribution in [3.05, 3.63) is 47.5 Å². The van der Waals surface area contributed by atoms with E-state index in [9.17, 15) is 26.8 Å². The van der Waals surface area contributed by atoms with E-state index in [2.05, 4.69) is 9.71 Å². The highest BCUT2D eigenvalue weighted by Crippen LogP contribution is 2.47. The predicted octanol–water partition coefficient (Wildman–Crippen LogP) is 3.77. The molecule has 2 aliphatic carbocycles. The van der Waals surface area contributed by atoms with Gasteiger partial charge >= 0.3 is 6.09 Å². The number of hydrogen-bond donors (Lipinski definition) is 2. The quantitative estimate of drug-likeness (QED) is 0.482. The third-order valence-electron chi connectivity index (χ3n) is 7.68. The molecule has 2 aromatic rings. The number of halogens is 2. The van der Waals surface area contributed by atoms with Crippen molar-refractivity contribution in [1.29, 1.82) is 0 Å². The van der Waals surface area contributed by atoms with E-state index in [1.54, 1.807) is 24.0 Å². The summed E-state index contributed by atoms with van der Waals surface area (Å²) in [6, 6.07) is 9.86. The molecule has 2 heterocycles. The minimum atomic E-state index is -4.34. The zero-order chi connectivity index (χ0) is 28.9. The molecule has 1 aromatic carbocycles. The summed E-state index contributed by atoms with van der Waals surface area (Å²) in [4.78, 5) is 30.2. The second-order valence-electron chi connectivity index (χ2n) is 11.3. The maximum atomic E-state index is 13.7. The Hall–Kier alpha value is -3.48. The molecule has 1 aromatic heterocycles. The smallest absolute Gasteiger partial charge is 0.405 e. The molecule has 3 N–H and O–H groups in total. The Bertz CT molecular complexity index is 1430. The van der Waals surface area contributed by atoms with Crippen LogP contribution in [0.5, 0.6) is 5.75 Å². The number of anilines is 1. The second-order valence-corrected chi connectivity index (χ2v) is 12.9. The number of pyridine rings is 1. The lowest BCUT2D eigenvalue weighted by molar-refractivity contribution is -0.128. The van der Waals surface area contributed by atoms with Crippen molar-refractivity contribution in [2.75, 3.05) is 18.0 Å². The fraction of sp³-hybridized carbons (Fsp3) is 0.519. The standard InChI is InChI=1S/C27H32F2N4O6S/c1-17-6-7-19(18-8-10-27(28,29)11-9-18)20(14-17)38-26(12-13-26)23(34)32-40(36,37)22-5-3-4-21(31-22)33-15-25(2,16-33)39-24(30)35/h3-7,14,18H,8-13,15-16H2,1-2H3,(H2,30,35)(H,32,34). The molecule has 0 radical (unpaired) electrons. The number of nitrogens with one attached hydrogen (secondary N) is 1. The topological polar surface area (TPSA) is 141 Å². The Labute approximate surface area is 231 Å². The van der Waals surface area contributed by atoms with Gasteiger partial charge in [0.15, 0.2) is 10.6 Å². The fourth-order valence-corrected chi connectivity index (χ4v) is 6.35. The van der Waals surface area contributed by atoms with Gasteiger partial charge < -0.3 is 20.1 Å². The molecule has 0 spiro atoms. The largest absolute Gasteiger partial charge is 0.477 e. The van der Waals surface area contributed by atoms with Gasteiger partial charge in [-0.05, 0) is 61.9 Å². The van der Waals surface area contributed by atoms with E-state index >= 15 is 0 Å². The first-order valence-electron chi connectivity index (χ1n) is 13.1. The van der Waals surface area contributed by atoms with E-state index < -0.39 is 39.1 Å². The molecule has 2 saturated carbocycles. The van der Waals surface area contributed by atoms with Gasteiger partial charge in [0, 0.05) is 25.7 Å². The highest BCUT2D eigenvalue weighted by molar-refractivity contribution is 7.90. The Morgan fingerprint density at radius 1 is 1.10 bits per heavy atom. The summed E-state index contributed by atoms with van der Waals surface area (Å²) < 4.78 is 67.1. The molecule has 2 amide bonds. The summed E-state index contributed by atoms with van der Waals surface area (Å²) in [5.41, 5.74) is 4.53. The van der Waals surface area contributed by atoms with Crippen molar-refractivity contribution in [2.45, 2.75) is 80.4 Å². The van der Waals surface area contributed by atoms with Gasteiger partial charge in [0.05, 0.1) is 13.1 Å². The molecule has 3 fully saturated rings. The van der Waals surface area contributed by atoms with Crippen molar-refractivity contribution in [1.82, 2.24) is 9.71 Å². The van der Waals surface area contributed by atoms with Gasteiger partial charge in [-0.1, -0.05) is 18.2 Å². The van der Waals surface area contributed by atoms with Crippen LogP contribution in [0.1, 0.15) is 62.5 Å². The molecule has 3 aliphatic rings. The molecule has 1 saturated heterocycles. The van der Waals surface area contributed by atoms with Gasteiger partial charge in [0.2, 0.25) is 5.92 Å². The zero-order valence-electron chi connectivity index (χ0n) is 22.3. The Kier molecular flexibility index (Phi) is 6.92. The molecule has 0 unspecified atom stereocenters. The van der Waals surface area contributed by atoms with Gasteiger partial charge in [0.1, 0.15) is 17.2 Å². The Balaban J connectivity index is 1.28. The molecule has 0 bridgehead atoms. The van der Waals surface area contributed by atoms with E-state index in [0.717, 1.165) is 11.1 Å². The third-order valence-corrected chi connectivity index (χ3v) is 8.91. The zero-order valence-corrected chi connectivity index (χ0v) is 23.1. The number of nitrogens with two attached hydrogens (primary N) is 1. The van der Waals surface area contributed by atoms with E-state index in [1.807, 2.05) is 19.1 Å². The number of benzene rings is 1. The monoisotopic (exact) mass is 578 g/mol. The van der Waals surface area contributed by atoms with Crippen molar-refractivity contribution >= 4 is 27.8 Å². The van der Waals surface area contributed by atoms with Crippen LogP contribution in [-0.4, -0.2) is 55.6 Å². The van der Waals surface area contributed by atoms with Crippen LogP contribution < -0.4 is 20.1 Å². The van der Waals surface area contributed by atoms with E-state index in [0.29, 0.717) is 37.3 Å². The first kappa shape index (κ1) is 28.1. The minimum Gasteiger partial charge on any atom is -0.477 e. The Morgan fingerprint density at radius 2 is 1.77 bits per heavy atom. The lowest BCUT2D eigenvalue weighted by atomic mass is 9.81. The van der Waals surface area contributed by atoms with Crippen LogP contribution in [0.25, 0.3) is 0 Å². The molecule has 10 nitrogen and oxygen atoms in total. The lowest BCUT2D eigenvalue weighted by Gasteiger charge is -2.47. The van der Waals surface area contributed by atoms with Crippen molar-refractivity contribution in [3.8, 4) is 5.75 Å². The lowest BCUT2D eigenvalue weighted by Crippen LogP contribution is -2.63. The summed E-state index contributed by atoms with van der Waals surface area (Å²) in [6.07, 6.45) is -0.108. The number of sulfonamides is 1. The molecule has 0 atom stereocenters. The number of amides is 2. The van der Waals surface area contributed by atoms with E-state index in [-0.39, 0.29) is 36.9 Å². The van der Waals surface area contributed by atoms with Gasteiger partial charge in [-0.25, -0.2) is 23.3 Å². The van der Waals surface area contributed by atoms with Gasteiger partial charge in [-0.3, -0.25) is 4.79 Å². The van der Waals surface area contributed by atoms with Crippen molar-refractivity contribution in [3.63, 3.8) is 0 Å². The van der Waals surface area contributed by atoms with Crippen LogP contribution >= 0.6 is 0 Å². The normalized spacial score (nSPS) is 21.1. The highest BCUT2D eigenvalue weighted by atomic mass is 32.2. The number of aryl methyl sites for hydroxylation is 1. The number of aromatic nitrogens is 1. The Morgan fingerprint density at radius 3 is 2.40 bits per heavy atom. The number of nitrogens with zero attached hydrogens (tertiary/aromatic N) is 2. The van der Waals surface area contributed by atoms with Crippen LogP contribution in [-0.2, 0) is 19.6 Å². The number of hydrogen-bond acceptors (Lipinski definition) is 8. The highest BCUT2D eigenvalue weighted by Gasteiger charge is 2.55. The number of alkyl halides is 2. The summed E-state index contributed by atoms with van der Waals surface area (Å²) in [6.45, 7) is 4.10. The average Bonchev–Trinajstić information content (AvgIpc) is 3.63. The molecular weight excluding hydrogens is 546 g/mol. The van der Waals surface area contributed by atoms with Crippen molar-refractivity contribution in [2.24, 2.45) is 5.73 Å². The number of carbonyl (C=O) groups excluding carboxylic acids is 2. The van der Waals surface area contributed by atoms with Gasteiger partial charge in [-0.2, -0.15) is 8.42 Å². The molecule has 216 valence electrons. The SMILES string of the molecule is Cc1ccc(C2CCC(F)(F)CC2)c(OC2(C(=O)NS(=O)(=O)c3cccc(N4CC(C)(OC(N)=O)C4)n3)CC2)c1. The van der Waals surface area contributed by atoms with Crippen LogP contribution in [0.3, 0.4) is 0 Å². The van der Waals surface area contributed by atoms with E-state index in [1.165, 1.54) is 12.1 Å². The summed E-state index contributed by atoms with van der Waals surface area (Å²) in [5.74, 6) is -2.87. The molecular formula is C27H32F2N4O6S.